The van der Waals surface area contributed by atoms with Gasteiger partial charge in [-0.2, -0.15) is 4.39 Å². The van der Waals surface area contributed by atoms with Gasteiger partial charge in [-0.3, -0.25) is 4.79 Å². The van der Waals surface area contributed by atoms with Crippen molar-refractivity contribution < 1.29 is 14.3 Å². The van der Waals surface area contributed by atoms with Crippen molar-refractivity contribution in [3.8, 4) is 5.75 Å². The summed E-state index contributed by atoms with van der Waals surface area (Å²) < 4.78 is 12.6. The summed E-state index contributed by atoms with van der Waals surface area (Å²) >= 11 is 0. The summed E-state index contributed by atoms with van der Waals surface area (Å²) in [5.41, 5.74) is 6.33. The number of nitrogen functional groups attached to an aromatic ring is 1. The van der Waals surface area contributed by atoms with Crippen LogP contribution >= 0.6 is 0 Å². The van der Waals surface area contributed by atoms with E-state index in [1.54, 1.807) is 0 Å². The summed E-state index contributed by atoms with van der Waals surface area (Å²) in [7, 11) is 0. The number of hydrogen-bond acceptors (Lipinski definition) is 4. The Balaban J connectivity index is 2.21. The third-order valence-corrected chi connectivity index (χ3v) is 2.27. The Bertz CT molecular complexity index is 584. The van der Waals surface area contributed by atoms with Gasteiger partial charge in [-0.1, -0.05) is 0 Å². The monoisotopic (exact) mass is 247 g/mol. The van der Waals surface area contributed by atoms with Crippen molar-refractivity contribution in [2.45, 2.75) is 0 Å². The van der Waals surface area contributed by atoms with E-state index >= 15 is 0 Å². The number of halogens is 1. The van der Waals surface area contributed by atoms with Crippen LogP contribution in [0, 0.1) is 5.95 Å². The van der Waals surface area contributed by atoms with Gasteiger partial charge in [0.05, 0.1) is 17.4 Å². The maximum atomic E-state index is 12.6. The average Bonchev–Trinajstić information content (AvgIpc) is 2.35. The minimum atomic E-state index is -0.634. The number of nitrogens with one attached hydrogen (secondary N) is 1. The number of benzene rings is 1. The van der Waals surface area contributed by atoms with E-state index in [4.69, 9.17) is 5.73 Å². The predicted octanol–water partition coefficient (Wildman–Crippen LogP) is 1.76. The van der Waals surface area contributed by atoms with Crippen molar-refractivity contribution >= 4 is 17.3 Å². The summed E-state index contributed by atoms with van der Waals surface area (Å²) in [5.74, 6) is -1.20. The smallest absolute Gasteiger partial charge is 0.257 e. The molecule has 0 aliphatic carbocycles. The number of aromatic nitrogens is 1. The number of aromatic hydroxyl groups is 1. The maximum Gasteiger partial charge on any atom is 0.257 e. The first-order valence-corrected chi connectivity index (χ1v) is 5.07. The van der Waals surface area contributed by atoms with Crippen LogP contribution in [-0.2, 0) is 0 Å². The standard InChI is InChI=1S/C12H10FN3O2/c13-11-4-1-7(6-15-11)16-12(18)9-5-8(17)2-3-10(9)14/h1-6,17H,14H2,(H,16,18). The van der Waals surface area contributed by atoms with Crippen molar-refractivity contribution in [1.29, 1.82) is 0 Å². The molecule has 2 aromatic rings. The van der Waals surface area contributed by atoms with E-state index in [0.717, 1.165) is 6.07 Å². The average molecular weight is 247 g/mol. The van der Waals surface area contributed by atoms with Gasteiger partial charge in [0, 0.05) is 5.69 Å². The van der Waals surface area contributed by atoms with E-state index in [9.17, 15) is 14.3 Å². The van der Waals surface area contributed by atoms with Crippen LogP contribution in [0.25, 0.3) is 0 Å². The van der Waals surface area contributed by atoms with E-state index in [0.29, 0.717) is 5.69 Å². The molecule has 0 fully saturated rings. The van der Waals surface area contributed by atoms with Crippen molar-refractivity contribution in [2.24, 2.45) is 0 Å². The number of nitrogens with two attached hydrogens (primary N) is 1. The van der Waals surface area contributed by atoms with Crippen LogP contribution in [0.1, 0.15) is 10.4 Å². The number of phenols is 1. The normalized spacial score (nSPS) is 10.1. The maximum absolute atomic E-state index is 12.6. The van der Waals surface area contributed by atoms with Gasteiger partial charge >= 0.3 is 0 Å². The van der Waals surface area contributed by atoms with Crippen LogP contribution in [0.3, 0.4) is 0 Å². The van der Waals surface area contributed by atoms with E-state index in [1.165, 1.54) is 30.5 Å². The lowest BCUT2D eigenvalue weighted by atomic mass is 10.1. The molecule has 0 spiro atoms. The molecule has 0 saturated carbocycles. The number of pyridine rings is 1. The Kier molecular flexibility index (Phi) is 3.09. The molecule has 0 radical (unpaired) electrons. The third-order valence-electron chi connectivity index (χ3n) is 2.27. The van der Waals surface area contributed by atoms with Gasteiger partial charge in [0.1, 0.15) is 5.75 Å². The lowest BCUT2D eigenvalue weighted by Crippen LogP contribution is -2.14. The molecule has 1 aromatic carbocycles. The second-order valence-corrected chi connectivity index (χ2v) is 3.60. The quantitative estimate of drug-likeness (QED) is 0.428. The zero-order valence-electron chi connectivity index (χ0n) is 9.22. The van der Waals surface area contributed by atoms with Crippen LogP contribution in [-0.4, -0.2) is 16.0 Å². The van der Waals surface area contributed by atoms with Crippen LogP contribution in [0.5, 0.6) is 5.75 Å². The second kappa shape index (κ2) is 4.70. The number of amides is 1. The van der Waals surface area contributed by atoms with Gasteiger partial charge in [-0.05, 0) is 30.3 Å². The molecule has 92 valence electrons. The van der Waals surface area contributed by atoms with Crippen LogP contribution in [0.15, 0.2) is 36.5 Å². The highest BCUT2D eigenvalue weighted by Crippen LogP contribution is 2.19. The minimum absolute atomic E-state index is 0.0634. The van der Waals surface area contributed by atoms with Crippen LogP contribution in [0.4, 0.5) is 15.8 Å². The molecule has 1 amide bonds. The summed E-state index contributed by atoms with van der Waals surface area (Å²) in [6.45, 7) is 0. The van der Waals surface area contributed by atoms with Gasteiger partial charge in [-0.25, -0.2) is 4.98 Å². The number of carbonyl (C=O) groups is 1. The number of hydrogen-bond donors (Lipinski definition) is 3. The fourth-order valence-electron chi connectivity index (χ4n) is 1.39. The Morgan fingerprint density at radius 1 is 1.33 bits per heavy atom. The number of nitrogens with zero attached hydrogens (tertiary/aromatic N) is 1. The molecule has 2 rings (SSSR count). The molecule has 0 aliphatic heterocycles. The Labute approximate surface area is 102 Å². The van der Waals surface area contributed by atoms with Crippen molar-refractivity contribution in [1.82, 2.24) is 4.98 Å². The van der Waals surface area contributed by atoms with Crippen LogP contribution < -0.4 is 11.1 Å². The lowest BCUT2D eigenvalue weighted by Gasteiger charge is -2.07. The largest absolute Gasteiger partial charge is 0.508 e. The summed E-state index contributed by atoms with van der Waals surface area (Å²) in [5, 5.41) is 11.8. The van der Waals surface area contributed by atoms with E-state index in [-0.39, 0.29) is 17.0 Å². The van der Waals surface area contributed by atoms with Gasteiger partial charge in [0.25, 0.3) is 5.91 Å². The number of phenolic OH excluding ortho intramolecular Hbond substituents is 1. The number of anilines is 2. The topological polar surface area (TPSA) is 88.2 Å². The molecule has 0 saturated heterocycles. The molecule has 0 aliphatic rings. The van der Waals surface area contributed by atoms with Gasteiger partial charge in [-0.15, -0.1) is 0 Å². The summed E-state index contributed by atoms with van der Waals surface area (Å²) in [6, 6.07) is 6.56. The first-order valence-electron chi connectivity index (χ1n) is 5.07. The summed E-state index contributed by atoms with van der Waals surface area (Å²) in [6.07, 6.45) is 1.19. The van der Waals surface area contributed by atoms with Crippen molar-refractivity contribution in [3.05, 3.63) is 48.0 Å². The Morgan fingerprint density at radius 2 is 2.11 bits per heavy atom. The fraction of sp³-hybridized carbons (Fsp3) is 0. The zero-order valence-corrected chi connectivity index (χ0v) is 9.22. The zero-order chi connectivity index (χ0) is 13.1. The van der Waals surface area contributed by atoms with Gasteiger partial charge < -0.3 is 16.2 Å². The highest BCUT2D eigenvalue weighted by Gasteiger charge is 2.11. The molecule has 1 heterocycles. The molecule has 18 heavy (non-hydrogen) atoms. The van der Waals surface area contributed by atoms with Gasteiger partial charge in [0.15, 0.2) is 0 Å². The number of rotatable bonds is 2. The second-order valence-electron chi connectivity index (χ2n) is 3.60. The molecule has 0 unspecified atom stereocenters. The van der Waals surface area contributed by atoms with E-state index in [2.05, 4.69) is 10.3 Å². The lowest BCUT2D eigenvalue weighted by molar-refractivity contribution is 0.102. The molecule has 0 atom stereocenters. The highest BCUT2D eigenvalue weighted by atomic mass is 19.1. The molecule has 6 heteroatoms. The molecule has 1 aromatic heterocycles. The molecule has 4 N–H and O–H groups in total. The molecular formula is C12H10FN3O2. The van der Waals surface area contributed by atoms with Crippen LogP contribution in [0.2, 0.25) is 0 Å². The minimum Gasteiger partial charge on any atom is -0.508 e. The Hall–Kier alpha value is -2.63. The first kappa shape index (κ1) is 11.8. The fourth-order valence-corrected chi connectivity index (χ4v) is 1.39. The summed E-state index contributed by atoms with van der Waals surface area (Å²) in [4.78, 5) is 15.3. The van der Waals surface area contributed by atoms with E-state index in [1.807, 2.05) is 0 Å². The predicted molar refractivity (Wildman–Crippen MR) is 64.7 cm³/mol. The van der Waals surface area contributed by atoms with Crippen molar-refractivity contribution in [2.75, 3.05) is 11.1 Å². The molecule has 0 bridgehead atoms. The highest BCUT2D eigenvalue weighted by molar-refractivity contribution is 6.07. The first-order chi connectivity index (χ1) is 8.56. The molecular weight excluding hydrogens is 237 g/mol. The molecule has 5 nitrogen and oxygen atoms in total. The third kappa shape index (κ3) is 2.54. The van der Waals surface area contributed by atoms with E-state index < -0.39 is 11.9 Å². The number of carbonyl (C=O) groups excluding carboxylic acids is 1. The van der Waals surface area contributed by atoms with Crippen molar-refractivity contribution in [3.63, 3.8) is 0 Å². The Morgan fingerprint density at radius 3 is 2.78 bits per heavy atom. The van der Waals surface area contributed by atoms with Gasteiger partial charge in [0.2, 0.25) is 5.95 Å². The SMILES string of the molecule is Nc1ccc(O)cc1C(=O)Nc1ccc(F)nc1.